The molecule has 2 aliphatic heterocycles. The number of amides is 1. The van der Waals surface area contributed by atoms with Crippen molar-refractivity contribution in [1.82, 2.24) is 9.80 Å². The average molecular weight is 461 g/mol. The lowest BCUT2D eigenvalue weighted by molar-refractivity contribution is -0.137. The topological polar surface area (TPSA) is 54.4 Å². The number of alkyl halides is 3. The van der Waals surface area contributed by atoms with E-state index in [4.69, 9.17) is 9.47 Å². The molecule has 0 aromatic heterocycles. The van der Waals surface area contributed by atoms with Crippen LogP contribution in [0.5, 0.6) is 17.2 Å². The molecule has 2 aromatic carbocycles. The minimum absolute atomic E-state index is 0.0910. The van der Waals surface area contributed by atoms with Crippen LogP contribution in [0.2, 0.25) is 0 Å². The smallest absolute Gasteiger partial charge is 0.416 e. The molecule has 9 heteroatoms. The van der Waals surface area contributed by atoms with Crippen molar-refractivity contribution >= 4 is 17.4 Å². The maximum Gasteiger partial charge on any atom is 0.416 e. The lowest BCUT2D eigenvalue weighted by atomic mass is 10.1. The lowest BCUT2D eigenvalue weighted by Crippen LogP contribution is -2.39. The third-order valence-electron chi connectivity index (χ3n) is 5.76. The van der Waals surface area contributed by atoms with E-state index in [1.54, 1.807) is 18.2 Å². The SMILES string of the molecule is COc1ccc2c(c1)Oc1ccc(C(F)(F)F)cc1N=C2N1CCCN(C(=O)C(C)C)CC1. The largest absolute Gasteiger partial charge is 0.497 e. The van der Waals surface area contributed by atoms with Gasteiger partial charge >= 0.3 is 6.18 Å². The number of carbonyl (C=O) groups is 1. The minimum atomic E-state index is -4.49. The summed E-state index contributed by atoms with van der Waals surface area (Å²) in [7, 11) is 1.53. The first-order valence-corrected chi connectivity index (χ1v) is 10.9. The summed E-state index contributed by atoms with van der Waals surface area (Å²) in [6.07, 6.45) is -3.77. The lowest BCUT2D eigenvalue weighted by Gasteiger charge is -2.26. The Bertz CT molecular complexity index is 1080. The van der Waals surface area contributed by atoms with Crippen LogP contribution in [0.15, 0.2) is 41.4 Å². The number of aliphatic imine (C=N–C) groups is 1. The maximum absolute atomic E-state index is 13.4. The maximum atomic E-state index is 13.4. The van der Waals surface area contributed by atoms with Gasteiger partial charge in [-0.25, -0.2) is 4.99 Å². The highest BCUT2D eigenvalue weighted by Crippen LogP contribution is 2.42. The van der Waals surface area contributed by atoms with E-state index < -0.39 is 11.7 Å². The quantitative estimate of drug-likeness (QED) is 0.625. The van der Waals surface area contributed by atoms with Crippen LogP contribution in [0, 0.1) is 5.92 Å². The molecule has 1 fully saturated rings. The van der Waals surface area contributed by atoms with Gasteiger partial charge in [0.25, 0.3) is 0 Å². The van der Waals surface area contributed by atoms with Crippen LogP contribution < -0.4 is 9.47 Å². The molecule has 2 aromatic rings. The van der Waals surface area contributed by atoms with Gasteiger partial charge in [-0.15, -0.1) is 0 Å². The molecular formula is C24H26F3N3O3. The first-order chi connectivity index (χ1) is 15.7. The van der Waals surface area contributed by atoms with Crippen molar-refractivity contribution in [3.05, 3.63) is 47.5 Å². The molecule has 176 valence electrons. The highest BCUT2D eigenvalue weighted by molar-refractivity contribution is 6.04. The number of hydrogen-bond donors (Lipinski definition) is 0. The molecular weight excluding hydrogens is 435 g/mol. The van der Waals surface area contributed by atoms with E-state index in [0.717, 1.165) is 18.6 Å². The van der Waals surface area contributed by atoms with Gasteiger partial charge < -0.3 is 19.3 Å². The first kappa shape index (κ1) is 22.9. The number of fused-ring (bicyclic) bond motifs is 2. The average Bonchev–Trinajstić information content (AvgIpc) is 3.11. The summed E-state index contributed by atoms with van der Waals surface area (Å²) in [5, 5.41) is 0. The molecule has 0 spiro atoms. The molecule has 0 bridgehead atoms. The van der Waals surface area contributed by atoms with Crippen LogP contribution in [-0.2, 0) is 11.0 Å². The Morgan fingerprint density at radius 3 is 2.55 bits per heavy atom. The summed E-state index contributed by atoms with van der Waals surface area (Å²) in [4.78, 5) is 21.0. The highest BCUT2D eigenvalue weighted by Gasteiger charge is 2.33. The number of rotatable bonds is 2. The summed E-state index contributed by atoms with van der Waals surface area (Å²) in [6, 6.07) is 8.54. The van der Waals surface area contributed by atoms with Crippen molar-refractivity contribution in [2.24, 2.45) is 10.9 Å². The summed E-state index contributed by atoms with van der Waals surface area (Å²) < 4.78 is 51.4. The Kier molecular flexibility index (Phi) is 6.23. The molecule has 4 rings (SSSR count). The molecule has 33 heavy (non-hydrogen) atoms. The molecule has 2 aliphatic rings. The molecule has 2 heterocycles. The van der Waals surface area contributed by atoms with Gasteiger partial charge in [0.05, 0.1) is 18.2 Å². The molecule has 0 aliphatic carbocycles. The summed E-state index contributed by atoms with van der Waals surface area (Å²) >= 11 is 0. The van der Waals surface area contributed by atoms with Crippen molar-refractivity contribution < 1.29 is 27.4 Å². The van der Waals surface area contributed by atoms with Crippen LogP contribution in [0.3, 0.4) is 0 Å². The second-order valence-electron chi connectivity index (χ2n) is 8.40. The molecule has 0 saturated carbocycles. The van der Waals surface area contributed by atoms with E-state index in [1.807, 2.05) is 23.6 Å². The van der Waals surface area contributed by atoms with Gasteiger partial charge in [0.1, 0.15) is 23.0 Å². The summed E-state index contributed by atoms with van der Waals surface area (Å²) in [5.41, 5.74) is -0.0281. The van der Waals surface area contributed by atoms with Gasteiger partial charge in [-0.1, -0.05) is 13.8 Å². The Morgan fingerprint density at radius 2 is 1.85 bits per heavy atom. The van der Waals surface area contributed by atoms with Gasteiger partial charge in [-0.05, 0) is 36.8 Å². The van der Waals surface area contributed by atoms with Gasteiger partial charge in [0.2, 0.25) is 5.91 Å². The zero-order valence-corrected chi connectivity index (χ0v) is 18.8. The fourth-order valence-electron chi connectivity index (χ4n) is 4.01. The number of ether oxygens (including phenoxy) is 2. The standard InChI is InChI=1S/C24H26F3N3O3/c1-15(2)23(31)30-10-4-9-29(11-12-30)22-18-7-6-17(32-3)14-21(18)33-20-8-5-16(24(25,26)27)13-19(20)28-22/h5-8,13-15H,4,9-12H2,1-3H3. The Morgan fingerprint density at radius 1 is 1.06 bits per heavy atom. The fourth-order valence-corrected chi connectivity index (χ4v) is 4.01. The number of carbonyl (C=O) groups excluding carboxylic acids is 1. The zero-order valence-electron chi connectivity index (χ0n) is 18.8. The first-order valence-electron chi connectivity index (χ1n) is 10.9. The highest BCUT2D eigenvalue weighted by atomic mass is 19.4. The molecule has 1 saturated heterocycles. The van der Waals surface area contributed by atoms with E-state index in [0.29, 0.717) is 49.1 Å². The van der Waals surface area contributed by atoms with Gasteiger partial charge in [-0.2, -0.15) is 13.2 Å². The van der Waals surface area contributed by atoms with E-state index in [9.17, 15) is 18.0 Å². The van der Waals surface area contributed by atoms with Crippen molar-refractivity contribution in [2.45, 2.75) is 26.4 Å². The van der Waals surface area contributed by atoms with Crippen LogP contribution in [0.4, 0.5) is 18.9 Å². The Hall–Kier alpha value is -3.23. The number of halogens is 3. The predicted molar refractivity (Wildman–Crippen MR) is 118 cm³/mol. The summed E-state index contributed by atoms with van der Waals surface area (Å²) in [6.45, 7) is 6.00. The fraction of sp³-hybridized carbons (Fsp3) is 0.417. The third kappa shape index (κ3) is 4.77. The van der Waals surface area contributed by atoms with Crippen LogP contribution >= 0.6 is 0 Å². The van der Waals surface area contributed by atoms with Crippen molar-refractivity contribution in [3.63, 3.8) is 0 Å². The Labute approximate surface area is 190 Å². The van der Waals surface area contributed by atoms with Crippen LogP contribution in [0.1, 0.15) is 31.4 Å². The number of nitrogens with zero attached hydrogens (tertiary/aromatic N) is 3. The van der Waals surface area contributed by atoms with E-state index >= 15 is 0 Å². The number of benzene rings is 2. The van der Waals surface area contributed by atoms with Gasteiger partial charge in [-0.3, -0.25) is 4.79 Å². The van der Waals surface area contributed by atoms with E-state index in [-0.39, 0.29) is 23.3 Å². The van der Waals surface area contributed by atoms with Gasteiger partial charge in [0, 0.05) is 38.2 Å². The predicted octanol–water partition coefficient (Wildman–Crippen LogP) is 5.09. The van der Waals surface area contributed by atoms with Crippen molar-refractivity contribution in [1.29, 1.82) is 0 Å². The molecule has 6 nitrogen and oxygen atoms in total. The van der Waals surface area contributed by atoms with E-state index in [2.05, 4.69) is 4.99 Å². The van der Waals surface area contributed by atoms with Crippen molar-refractivity contribution in [2.75, 3.05) is 33.3 Å². The third-order valence-corrected chi connectivity index (χ3v) is 5.76. The molecule has 0 N–H and O–H groups in total. The molecule has 0 atom stereocenters. The van der Waals surface area contributed by atoms with Crippen LogP contribution in [0.25, 0.3) is 0 Å². The second-order valence-corrected chi connectivity index (χ2v) is 8.40. The molecule has 0 radical (unpaired) electrons. The molecule has 0 unspecified atom stereocenters. The minimum Gasteiger partial charge on any atom is -0.497 e. The monoisotopic (exact) mass is 461 g/mol. The van der Waals surface area contributed by atoms with Gasteiger partial charge in [0.15, 0.2) is 5.75 Å². The number of hydrogen-bond acceptors (Lipinski definition) is 5. The zero-order chi connectivity index (χ0) is 23.8. The van der Waals surface area contributed by atoms with Crippen LogP contribution in [-0.4, -0.2) is 54.8 Å². The second kappa shape index (κ2) is 8.96. The Balaban J connectivity index is 1.76. The number of methoxy groups -OCH3 is 1. The molecule has 1 amide bonds. The summed E-state index contributed by atoms with van der Waals surface area (Å²) in [5.74, 6) is 1.76. The number of amidine groups is 1. The van der Waals surface area contributed by atoms with E-state index in [1.165, 1.54) is 13.2 Å². The van der Waals surface area contributed by atoms with Crippen molar-refractivity contribution in [3.8, 4) is 17.2 Å². The normalized spacial score (nSPS) is 16.3.